The first-order valence-corrected chi connectivity index (χ1v) is 10.8. The number of benzene rings is 3. The Balaban J connectivity index is 1.60. The molecule has 0 aliphatic heterocycles. The summed E-state index contributed by atoms with van der Waals surface area (Å²) < 4.78 is 1.04. The Morgan fingerprint density at radius 1 is 0.516 bits per heavy atom. The molecule has 0 aliphatic rings. The zero-order chi connectivity index (χ0) is 21.0. The van der Waals surface area contributed by atoms with Gasteiger partial charge in [0.05, 0.1) is 11.4 Å². The number of hydrogen-bond donors (Lipinski definition) is 0. The highest BCUT2D eigenvalue weighted by Gasteiger charge is 2.11. The van der Waals surface area contributed by atoms with Gasteiger partial charge < -0.3 is 0 Å². The summed E-state index contributed by atoms with van der Waals surface area (Å²) in [6.45, 7) is 0. The summed E-state index contributed by atoms with van der Waals surface area (Å²) in [5, 5.41) is 0. The van der Waals surface area contributed by atoms with Crippen LogP contribution in [0.4, 0.5) is 0 Å². The average molecular weight is 464 g/mol. The lowest BCUT2D eigenvalue weighted by Crippen LogP contribution is -1.95. The van der Waals surface area contributed by atoms with Crippen molar-refractivity contribution >= 4 is 15.9 Å². The second kappa shape index (κ2) is 8.62. The largest absolute Gasteiger partial charge is 0.264 e. The van der Waals surface area contributed by atoms with E-state index in [9.17, 15) is 0 Å². The van der Waals surface area contributed by atoms with Gasteiger partial charge in [-0.3, -0.25) is 4.98 Å². The lowest BCUT2D eigenvalue weighted by molar-refractivity contribution is 1.18. The fraction of sp³-hybridized carbons (Fsp3) is 0. The minimum Gasteiger partial charge on any atom is -0.264 e. The Morgan fingerprint density at radius 3 is 1.71 bits per heavy atom. The predicted octanol–water partition coefficient (Wildman–Crippen LogP) is 7.30. The maximum absolute atomic E-state index is 4.89. The fourth-order valence-corrected chi connectivity index (χ4v) is 3.71. The monoisotopic (exact) mass is 463 g/mol. The van der Waals surface area contributed by atoms with E-state index in [1.807, 2.05) is 54.7 Å². The topological polar surface area (TPSA) is 38.7 Å². The molecule has 2 heterocycles. The molecule has 0 atom stereocenters. The second-order valence-corrected chi connectivity index (χ2v) is 8.07. The van der Waals surface area contributed by atoms with E-state index in [0.717, 1.165) is 43.7 Å². The van der Waals surface area contributed by atoms with Crippen molar-refractivity contribution in [1.29, 1.82) is 0 Å². The van der Waals surface area contributed by atoms with Gasteiger partial charge in [-0.2, -0.15) is 0 Å². The molecule has 0 fully saturated rings. The van der Waals surface area contributed by atoms with Crippen LogP contribution in [-0.4, -0.2) is 15.0 Å². The van der Waals surface area contributed by atoms with Crippen LogP contribution in [0.15, 0.2) is 114 Å². The molecule has 5 rings (SSSR count). The third-order valence-corrected chi connectivity index (χ3v) is 5.60. The van der Waals surface area contributed by atoms with Crippen molar-refractivity contribution in [2.45, 2.75) is 0 Å². The lowest BCUT2D eigenvalue weighted by Gasteiger charge is -2.10. The Labute approximate surface area is 189 Å². The lowest BCUT2D eigenvalue weighted by atomic mass is 10.0. The molecule has 0 spiro atoms. The zero-order valence-electron chi connectivity index (χ0n) is 16.6. The van der Waals surface area contributed by atoms with Crippen LogP contribution in [0.3, 0.4) is 0 Å². The Bertz CT molecular complexity index is 1300. The maximum atomic E-state index is 4.89. The van der Waals surface area contributed by atoms with Gasteiger partial charge in [0.2, 0.25) is 0 Å². The van der Waals surface area contributed by atoms with Crippen LogP contribution in [0.25, 0.3) is 45.0 Å². The van der Waals surface area contributed by atoms with Crippen LogP contribution < -0.4 is 0 Å². The van der Waals surface area contributed by atoms with E-state index < -0.39 is 0 Å². The van der Waals surface area contributed by atoms with Crippen LogP contribution in [0.2, 0.25) is 0 Å². The van der Waals surface area contributed by atoms with Gasteiger partial charge in [-0.15, -0.1) is 0 Å². The Hall–Kier alpha value is -3.63. The van der Waals surface area contributed by atoms with Gasteiger partial charge in [-0.05, 0) is 35.4 Å². The first-order valence-electron chi connectivity index (χ1n) is 9.97. The van der Waals surface area contributed by atoms with Gasteiger partial charge in [0.1, 0.15) is 0 Å². The molecule has 0 aliphatic carbocycles. The van der Waals surface area contributed by atoms with Gasteiger partial charge in [0.25, 0.3) is 0 Å². The Morgan fingerprint density at radius 2 is 1.10 bits per heavy atom. The molecule has 4 heteroatoms. The summed E-state index contributed by atoms with van der Waals surface area (Å²) in [7, 11) is 0. The van der Waals surface area contributed by atoms with Crippen LogP contribution in [0.5, 0.6) is 0 Å². The van der Waals surface area contributed by atoms with Gasteiger partial charge in [0.15, 0.2) is 5.82 Å². The third kappa shape index (κ3) is 4.30. The average Bonchev–Trinajstić information content (AvgIpc) is 2.85. The number of pyridine rings is 1. The van der Waals surface area contributed by atoms with Crippen molar-refractivity contribution in [3.63, 3.8) is 0 Å². The van der Waals surface area contributed by atoms with Crippen molar-refractivity contribution in [3.8, 4) is 45.0 Å². The van der Waals surface area contributed by atoms with E-state index in [1.165, 1.54) is 0 Å². The molecular formula is C27H18BrN3. The van der Waals surface area contributed by atoms with Gasteiger partial charge in [-0.25, -0.2) is 9.97 Å². The third-order valence-electron chi connectivity index (χ3n) is 5.07. The summed E-state index contributed by atoms with van der Waals surface area (Å²) in [4.78, 5) is 14.0. The number of aromatic nitrogens is 3. The van der Waals surface area contributed by atoms with Crippen molar-refractivity contribution in [3.05, 3.63) is 114 Å². The summed E-state index contributed by atoms with van der Waals surface area (Å²) in [6.07, 6.45) is 3.66. The number of halogens is 1. The first-order chi connectivity index (χ1) is 15.3. The molecule has 0 amide bonds. The standard InChI is InChI=1S/C27H18BrN3/c28-24-14-12-21(13-15-24)26-17-25(30-27(31-26)22-5-2-1-3-6-22)20-10-8-19(9-11-20)23-7-4-16-29-18-23/h1-18H. The van der Waals surface area contributed by atoms with Gasteiger partial charge >= 0.3 is 0 Å². The molecule has 0 N–H and O–H groups in total. The molecule has 31 heavy (non-hydrogen) atoms. The van der Waals surface area contributed by atoms with E-state index >= 15 is 0 Å². The summed E-state index contributed by atoms with van der Waals surface area (Å²) in [5.74, 6) is 0.715. The van der Waals surface area contributed by atoms with Crippen molar-refractivity contribution in [2.75, 3.05) is 0 Å². The highest BCUT2D eigenvalue weighted by Crippen LogP contribution is 2.29. The van der Waals surface area contributed by atoms with Crippen molar-refractivity contribution in [1.82, 2.24) is 15.0 Å². The fourth-order valence-electron chi connectivity index (χ4n) is 3.45. The molecular weight excluding hydrogens is 446 g/mol. The van der Waals surface area contributed by atoms with E-state index in [4.69, 9.17) is 9.97 Å². The Kier molecular flexibility index (Phi) is 5.38. The van der Waals surface area contributed by atoms with E-state index in [2.05, 4.69) is 69.4 Å². The molecule has 2 aromatic heterocycles. The number of nitrogens with zero attached hydrogens (tertiary/aromatic N) is 3. The molecule has 0 saturated carbocycles. The van der Waals surface area contributed by atoms with Gasteiger partial charge in [-0.1, -0.05) is 88.7 Å². The minimum atomic E-state index is 0.715. The molecule has 0 saturated heterocycles. The molecule has 3 aromatic carbocycles. The van der Waals surface area contributed by atoms with Crippen molar-refractivity contribution < 1.29 is 0 Å². The smallest absolute Gasteiger partial charge is 0.160 e. The van der Waals surface area contributed by atoms with Crippen molar-refractivity contribution in [2.24, 2.45) is 0 Å². The zero-order valence-corrected chi connectivity index (χ0v) is 18.2. The van der Waals surface area contributed by atoms with Gasteiger partial charge in [0, 0.05) is 33.6 Å². The van der Waals surface area contributed by atoms with E-state index in [0.29, 0.717) is 5.82 Å². The first kappa shape index (κ1) is 19.3. The minimum absolute atomic E-state index is 0.715. The summed E-state index contributed by atoms with van der Waals surface area (Å²) in [6, 6.07) is 32.8. The number of hydrogen-bond acceptors (Lipinski definition) is 3. The molecule has 0 bridgehead atoms. The highest BCUT2D eigenvalue weighted by atomic mass is 79.9. The van der Waals surface area contributed by atoms with Crippen LogP contribution in [0, 0.1) is 0 Å². The predicted molar refractivity (Wildman–Crippen MR) is 129 cm³/mol. The van der Waals surface area contributed by atoms with Crippen LogP contribution in [-0.2, 0) is 0 Å². The maximum Gasteiger partial charge on any atom is 0.160 e. The van der Waals surface area contributed by atoms with Crippen LogP contribution >= 0.6 is 15.9 Å². The highest BCUT2D eigenvalue weighted by molar-refractivity contribution is 9.10. The summed E-state index contributed by atoms with van der Waals surface area (Å²) >= 11 is 3.51. The molecule has 5 aromatic rings. The molecule has 0 unspecified atom stereocenters. The normalized spacial score (nSPS) is 10.7. The molecule has 0 radical (unpaired) electrons. The summed E-state index contributed by atoms with van der Waals surface area (Å²) in [5.41, 5.74) is 7.10. The molecule has 3 nitrogen and oxygen atoms in total. The van der Waals surface area contributed by atoms with Crippen LogP contribution in [0.1, 0.15) is 0 Å². The van der Waals surface area contributed by atoms with E-state index in [-0.39, 0.29) is 0 Å². The second-order valence-electron chi connectivity index (χ2n) is 7.15. The van der Waals surface area contributed by atoms with E-state index in [1.54, 1.807) is 6.20 Å². The number of rotatable bonds is 4. The quantitative estimate of drug-likeness (QED) is 0.280. The molecule has 148 valence electrons. The SMILES string of the molecule is Brc1ccc(-c2cc(-c3ccc(-c4cccnc4)cc3)nc(-c3ccccc3)n2)cc1.